The molecule has 0 spiro atoms. The van der Waals surface area contributed by atoms with E-state index in [1.807, 2.05) is 19.1 Å². The molecule has 1 fully saturated rings. The van der Waals surface area contributed by atoms with Crippen LogP contribution in [0.5, 0.6) is 0 Å². The summed E-state index contributed by atoms with van der Waals surface area (Å²) in [5.41, 5.74) is 6.99. The summed E-state index contributed by atoms with van der Waals surface area (Å²) in [6.07, 6.45) is 2.33. The molecule has 1 saturated heterocycles. The van der Waals surface area contributed by atoms with Gasteiger partial charge in [-0.1, -0.05) is 0 Å². The Labute approximate surface area is 109 Å². The second kappa shape index (κ2) is 4.90. The Kier molecular flexibility index (Phi) is 3.64. The van der Waals surface area contributed by atoms with E-state index < -0.39 is 9.84 Å². The minimum atomic E-state index is -3.11. The maximum absolute atomic E-state index is 11.4. The lowest BCUT2D eigenvalue weighted by atomic mass is 10.0. The molecule has 2 unspecified atom stereocenters. The van der Waals surface area contributed by atoms with Crippen LogP contribution >= 0.6 is 0 Å². The summed E-state index contributed by atoms with van der Waals surface area (Å²) >= 11 is 0. The highest BCUT2D eigenvalue weighted by Crippen LogP contribution is 2.26. The Balaban J connectivity index is 2.12. The number of hydrogen-bond donors (Lipinski definition) is 1. The number of hydrogen-bond acceptors (Lipinski definition) is 4. The van der Waals surface area contributed by atoms with Gasteiger partial charge in [0.25, 0.3) is 0 Å². The first-order valence-corrected chi connectivity index (χ1v) is 8.08. The van der Waals surface area contributed by atoms with Gasteiger partial charge in [0, 0.05) is 31.1 Å². The van der Waals surface area contributed by atoms with Crippen molar-refractivity contribution in [3.8, 4) is 0 Å². The SMILES string of the molecule is CC(N)C1CCN(c2ccc(S(C)(=O)=O)cc2)C1. The molecule has 5 heteroatoms. The van der Waals surface area contributed by atoms with Gasteiger partial charge in [-0.25, -0.2) is 8.42 Å². The number of benzene rings is 1. The summed E-state index contributed by atoms with van der Waals surface area (Å²) < 4.78 is 22.8. The van der Waals surface area contributed by atoms with Crippen molar-refractivity contribution < 1.29 is 8.42 Å². The highest BCUT2D eigenvalue weighted by atomic mass is 32.2. The fourth-order valence-electron chi connectivity index (χ4n) is 2.36. The lowest BCUT2D eigenvalue weighted by Crippen LogP contribution is -2.29. The summed E-state index contributed by atoms with van der Waals surface area (Å²) in [7, 11) is -3.11. The molecule has 0 radical (unpaired) electrons. The van der Waals surface area contributed by atoms with Crippen molar-refractivity contribution in [1.29, 1.82) is 0 Å². The van der Waals surface area contributed by atoms with Crippen LogP contribution in [0.25, 0.3) is 0 Å². The molecule has 2 atom stereocenters. The molecular formula is C13H20N2O2S. The molecule has 4 nitrogen and oxygen atoms in total. The Morgan fingerprint density at radius 2 is 1.94 bits per heavy atom. The van der Waals surface area contributed by atoms with Crippen LogP contribution in [0.4, 0.5) is 5.69 Å². The third kappa shape index (κ3) is 2.84. The van der Waals surface area contributed by atoms with Crippen LogP contribution in [-0.2, 0) is 9.84 Å². The monoisotopic (exact) mass is 268 g/mol. The maximum Gasteiger partial charge on any atom is 0.175 e. The summed E-state index contributed by atoms with van der Waals surface area (Å²) in [5.74, 6) is 0.527. The predicted octanol–water partition coefficient (Wildman–Crippen LogP) is 1.26. The van der Waals surface area contributed by atoms with Gasteiger partial charge in [-0.3, -0.25) is 0 Å². The second-order valence-electron chi connectivity index (χ2n) is 5.12. The van der Waals surface area contributed by atoms with Crippen molar-refractivity contribution in [2.75, 3.05) is 24.2 Å². The second-order valence-corrected chi connectivity index (χ2v) is 7.14. The van der Waals surface area contributed by atoms with Crippen molar-refractivity contribution in [2.24, 2.45) is 11.7 Å². The van der Waals surface area contributed by atoms with Crippen molar-refractivity contribution in [2.45, 2.75) is 24.3 Å². The zero-order chi connectivity index (χ0) is 13.3. The van der Waals surface area contributed by atoms with E-state index >= 15 is 0 Å². The number of anilines is 1. The van der Waals surface area contributed by atoms with Gasteiger partial charge in [0.15, 0.2) is 9.84 Å². The largest absolute Gasteiger partial charge is 0.371 e. The number of rotatable bonds is 3. The first-order valence-electron chi connectivity index (χ1n) is 6.18. The minimum absolute atomic E-state index is 0.213. The van der Waals surface area contributed by atoms with E-state index in [0.717, 1.165) is 25.2 Å². The molecule has 0 saturated carbocycles. The molecule has 0 amide bonds. The van der Waals surface area contributed by atoms with Gasteiger partial charge in [-0.15, -0.1) is 0 Å². The predicted molar refractivity (Wildman–Crippen MR) is 73.5 cm³/mol. The zero-order valence-corrected chi connectivity index (χ0v) is 11.7. The molecule has 1 aromatic rings. The number of nitrogens with two attached hydrogens (primary N) is 1. The average Bonchev–Trinajstić information content (AvgIpc) is 2.77. The van der Waals surface area contributed by atoms with E-state index in [1.165, 1.54) is 6.26 Å². The molecule has 0 bridgehead atoms. The van der Waals surface area contributed by atoms with E-state index in [-0.39, 0.29) is 6.04 Å². The fraction of sp³-hybridized carbons (Fsp3) is 0.538. The third-order valence-corrected chi connectivity index (χ3v) is 4.73. The summed E-state index contributed by atoms with van der Waals surface area (Å²) in [5, 5.41) is 0. The molecule has 0 aromatic heterocycles. The highest BCUT2D eigenvalue weighted by molar-refractivity contribution is 7.90. The Hall–Kier alpha value is -1.07. The molecule has 18 heavy (non-hydrogen) atoms. The molecule has 1 heterocycles. The van der Waals surface area contributed by atoms with Crippen molar-refractivity contribution in [3.05, 3.63) is 24.3 Å². The van der Waals surface area contributed by atoms with Crippen LogP contribution in [0.1, 0.15) is 13.3 Å². The highest BCUT2D eigenvalue weighted by Gasteiger charge is 2.25. The van der Waals surface area contributed by atoms with Gasteiger partial charge < -0.3 is 10.6 Å². The number of nitrogens with zero attached hydrogens (tertiary/aromatic N) is 1. The lowest BCUT2D eigenvalue weighted by molar-refractivity contribution is 0.488. The smallest absolute Gasteiger partial charge is 0.175 e. The van der Waals surface area contributed by atoms with Gasteiger partial charge in [-0.05, 0) is 43.5 Å². The van der Waals surface area contributed by atoms with Gasteiger partial charge >= 0.3 is 0 Å². The molecule has 100 valence electrons. The van der Waals surface area contributed by atoms with E-state index in [9.17, 15) is 8.42 Å². The van der Waals surface area contributed by atoms with Crippen LogP contribution in [0, 0.1) is 5.92 Å². The van der Waals surface area contributed by atoms with Crippen molar-refractivity contribution in [3.63, 3.8) is 0 Å². The molecular weight excluding hydrogens is 248 g/mol. The molecule has 2 N–H and O–H groups in total. The van der Waals surface area contributed by atoms with Gasteiger partial charge in [-0.2, -0.15) is 0 Å². The van der Waals surface area contributed by atoms with Crippen LogP contribution in [-0.4, -0.2) is 33.8 Å². The summed E-state index contributed by atoms with van der Waals surface area (Å²) in [6, 6.07) is 7.30. The number of sulfone groups is 1. The third-order valence-electron chi connectivity index (χ3n) is 3.60. The molecule has 1 aromatic carbocycles. The molecule has 1 aliphatic heterocycles. The molecule has 2 rings (SSSR count). The van der Waals surface area contributed by atoms with Crippen molar-refractivity contribution in [1.82, 2.24) is 0 Å². The van der Waals surface area contributed by atoms with Crippen LogP contribution in [0.15, 0.2) is 29.2 Å². The fourth-order valence-corrected chi connectivity index (χ4v) is 2.99. The maximum atomic E-state index is 11.4. The first-order chi connectivity index (χ1) is 8.38. The standard InChI is InChI=1S/C13H20N2O2S/c1-10(14)11-7-8-15(9-11)12-3-5-13(6-4-12)18(2,16)17/h3-6,10-11H,7-9,14H2,1-2H3. The van der Waals surface area contributed by atoms with E-state index in [1.54, 1.807) is 12.1 Å². The van der Waals surface area contributed by atoms with Gasteiger partial charge in [0.2, 0.25) is 0 Å². The van der Waals surface area contributed by atoms with Crippen molar-refractivity contribution >= 4 is 15.5 Å². The Bertz CT molecular complexity index is 508. The van der Waals surface area contributed by atoms with Gasteiger partial charge in [0.05, 0.1) is 4.90 Å². The van der Waals surface area contributed by atoms with Gasteiger partial charge in [0.1, 0.15) is 0 Å². The molecule has 0 aliphatic carbocycles. The minimum Gasteiger partial charge on any atom is -0.371 e. The summed E-state index contributed by atoms with van der Waals surface area (Å²) in [4.78, 5) is 2.63. The average molecular weight is 268 g/mol. The van der Waals surface area contributed by atoms with E-state index in [2.05, 4.69) is 4.90 Å². The lowest BCUT2D eigenvalue weighted by Gasteiger charge is -2.20. The van der Waals surface area contributed by atoms with Crippen LogP contribution in [0.3, 0.4) is 0 Å². The van der Waals surface area contributed by atoms with Crippen LogP contribution < -0.4 is 10.6 Å². The normalized spacial score (nSPS) is 22.2. The quantitative estimate of drug-likeness (QED) is 0.896. The van der Waals surface area contributed by atoms with E-state index in [0.29, 0.717) is 10.8 Å². The summed E-state index contributed by atoms with van der Waals surface area (Å²) in [6.45, 7) is 3.99. The molecule has 1 aliphatic rings. The zero-order valence-electron chi connectivity index (χ0n) is 10.8. The topological polar surface area (TPSA) is 63.4 Å². The Morgan fingerprint density at radius 1 is 1.33 bits per heavy atom. The van der Waals surface area contributed by atoms with E-state index in [4.69, 9.17) is 5.73 Å². The Morgan fingerprint density at radius 3 is 2.39 bits per heavy atom. The van der Waals surface area contributed by atoms with Crippen LogP contribution in [0.2, 0.25) is 0 Å². The first kappa shape index (κ1) is 13.4.